The highest BCUT2D eigenvalue weighted by atomic mass is 79.9. The van der Waals surface area contributed by atoms with Gasteiger partial charge in [0.25, 0.3) is 0 Å². The Morgan fingerprint density at radius 1 is 1.73 bits per heavy atom. The highest BCUT2D eigenvalue weighted by molar-refractivity contribution is 9.11. The van der Waals surface area contributed by atoms with Crippen LogP contribution >= 0.6 is 15.9 Å². The van der Waals surface area contributed by atoms with E-state index in [-0.39, 0.29) is 5.70 Å². The lowest BCUT2D eigenvalue weighted by Gasteiger charge is -1.98. The molecule has 0 aliphatic carbocycles. The van der Waals surface area contributed by atoms with Crippen molar-refractivity contribution in [3.05, 3.63) is 22.8 Å². The number of rotatable bonds is 3. The molecule has 0 heterocycles. The third-order valence-electron chi connectivity index (χ3n) is 0.942. The lowest BCUT2D eigenvalue weighted by molar-refractivity contribution is -0.136. The Hall–Kier alpha value is -0.900. The summed E-state index contributed by atoms with van der Waals surface area (Å²) < 4.78 is 4.89. The minimum absolute atomic E-state index is 0.127. The van der Waals surface area contributed by atoms with Gasteiger partial charge in [0.2, 0.25) is 0 Å². The van der Waals surface area contributed by atoms with Crippen molar-refractivity contribution in [2.75, 3.05) is 7.11 Å². The van der Waals surface area contributed by atoms with Crippen molar-refractivity contribution in [2.24, 2.45) is 4.99 Å². The van der Waals surface area contributed by atoms with Gasteiger partial charge in [-0.25, -0.2) is 4.79 Å². The van der Waals surface area contributed by atoms with Crippen LogP contribution in [0.1, 0.15) is 0 Å². The fraction of sp³-hybridized carbons (Fsp3) is 0.143. The van der Waals surface area contributed by atoms with E-state index in [0.717, 1.165) is 0 Å². The molecular formula is C7H8BrNO2. The molecule has 0 saturated heterocycles. The number of carbonyl (C=O) groups excluding carboxylic acids is 1. The fourth-order valence-corrected chi connectivity index (χ4v) is 0.718. The number of esters is 1. The Balaban J connectivity index is 4.78. The summed E-state index contributed by atoms with van der Waals surface area (Å²) in [6, 6.07) is 0. The molecule has 0 atom stereocenters. The molecule has 11 heavy (non-hydrogen) atoms. The van der Waals surface area contributed by atoms with Gasteiger partial charge in [-0.3, -0.25) is 4.99 Å². The minimum atomic E-state index is -0.535. The summed E-state index contributed by atoms with van der Waals surface area (Å²) in [5.74, 6) is -0.535. The van der Waals surface area contributed by atoms with Crippen LogP contribution in [-0.4, -0.2) is 19.8 Å². The van der Waals surface area contributed by atoms with E-state index in [0.29, 0.717) is 4.48 Å². The van der Waals surface area contributed by atoms with Crippen molar-refractivity contribution >= 4 is 28.6 Å². The van der Waals surface area contributed by atoms with Gasteiger partial charge in [-0.1, -0.05) is 12.7 Å². The van der Waals surface area contributed by atoms with Crippen LogP contribution in [0.2, 0.25) is 0 Å². The highest BCUT2D eigenvalue weighted by Crippen LogP contribution is 2.14. The number of halogens is 1. The zero-order chi connectivity index (χ0) is 8.85. The average molecular weight is 218 g/mol. The predicted octanol–water partition coefficient (Wildman–Crippen LogP) is 1.65. The summed E-state index contributed by atoms with van der Waals surface area (Å²) in [7, 11) is 1.27. The lowest BCUT2D eigenvalue weighted by Crippen LogP contribution is -2.03. The lowest BCUT2D eigenvalue weighted by atomic mass is 10.4. The largest absolute Gasteiger partial charge is 0.464 e. The Morgan fingerprint density at radius 2 is 2.27 bits per heavy atom. The predicted molar refractivity (Wildman–Crippen MR) is 47.7 cm³/mol. The summed E-state index contributed by atoms with van der Waals surface area (Å²) in [5.41, 5.74) is 0.127. The Kier molecular flexibility index (Phi) is 4.45. The number of hydrogen-bond donors (Lipinski definition) is 0. The Morgan fingerprint density at radius 3 is 2.55 bits per heavy atom. The summed E-state index contributed by atoms with van der Waals surface area (Å²) in [4.78, 5) is 14.3. The van der Waals surface area contributed by atoms with Gasteiger partial charge in [0.1, 0.15) is 0 Å². The van der Waals surface area contributed by atoms with Gasteiger partial charge < -0.3 is 4.74 Å². The molecule has 0 aliphatic rings. The second-order valence-corrected chi connectivity index (χ2v) is 2.40. The minimum Gasteiger partial charge on any atom is -0.464 e. The summed E-state index contributed by atoms with van der Waals surface area (Å²) >= 11 is 3.07. The number of carbonyl (C=O) groups is 1. The molecule has 0 rings (SSSR count). The normalized spacial score (nSPS) is 11.5. The summed E-state index contributed by atoms with van der Waals surface area (Å²) in [5, 5.41) is 0. The van der Waals surface area contributed by atoms with E-state index in [2.05, 4.69) is 39.0 Å². The summed E-state index contributed by atoms with van der Waals surface area (Å²) in [6.45, 7) is 6.66. The van der Waals surface area contributed by atoms with Gasteiger partial charge in [-0.15, -0.1) is 0 Å². The van der Waals surface area contributed by atoms with Crippen molar-refractivity contribution in [3.8, 4) is 0 Å². The maximum Gasteiger partial charge on any atom is 0.357 e. The van der Waals surface area contributed by atoms with Crippen LogP contribution in [0, 0.1) is 0 Å². The van der Waals surface area contributed by atoms with E-state index in [4.69, 9.17) is 0 Å². The van der Waals surface area contributed by atoms with E-state index >= 15 is 0 Å². The molecule has 0 unspecified atom stereocenters. The number of hydrogen-bond acceptors (Lipinski definition) is 3. The molecule has 0 amide bonds. The maximum atomic E-state index is 10.9. The quantitative estimate of drug-likeness (QED) is 0.312. The molecule has 0 radical (unpaired) electrons. The standard InChI is InChI=1S/C7H8BrNO2/c1-4-5(8)6(9-2)7(10)11-3/h4H,1-2H2,3H3/b6-5+. The molecule has 0 saturated carbocycles. The van der Waals surface area contributed by atoms with Crippen LogP contribution in [0.5, 0.6) is 0 Å². The molecule has 3 nitrogen and oxygen atoms in total. The first-order valence-electron chi connectivity index (χ1n) is 2.74. The molecule has 0 fully saturated rings. The van der Waals surface area contributed by atoms with E-state index in [9.17, 15) is 4.79 Å². The molecule has 60 valence electrons. The second-order valence-electron chi connectivity index (χ2n) is 1.55. The van der Waals surface area contributed by atoms with Crippen LogP contribution < -0.4 is 0 Å². The van der Waals surface area contributed by atoms with E-state index in [1.54, 1.807) is 0 Å². The van der Waals surface area contributed by atoms with Crippen LogP contribution in [-0.2, 0) is 9.53 Å². The van der Waals surface area contributed by atoms with Crippen LogP contribution in [0.3, 0.4) is 0 Å². The molecule has 0 spiro atoms. The van der Waals surface area contributed by atoms with E-state index < -0.39 is 5.97 Å². The van der Waals surface area contributed by atoms with Crippen molar-refractivity contribution in [3.63, 3.8) is 0 Å². The number of nitrogens with zero attached hydrogens (tertiary/aromatic N) is 1. The van der Waals surface area contributed by atoms with Crippen LogP contribution in [0.25, 0.3) is 0 Å². The Bertz CT molecular complexity index is 220. The second kappa shape index (κ2) is 4.85. The van der Waals surface area contributed by atoms with Crippen LogP contribution in [0.15, 0.2) is 27.8 Å². The zero-order valence-corrected chi connectivity index (χ0v) is 7.72. The van der Waals surface area contributed by atoms with Crippen molar-refractivity contribution < 1.29 is 9.53 Å². The number of methoxy groups -OCH3 is 1. The van der Waals surface area contributed by atoms with Crippen molar-refractivity contribution in [2.45, 2.75) is 0 Å². The molecule has 0 aromatic rings. The first-order valence-corrected chi connectivity index (χ1v) is 3.54. The number of allylic oxidation sites excluding steroid dienone is 2. The molecule has 0 aliphatic heterocycles. The molecule has 0 N–H and O–H groups in total. The first-order chi connectivity index (χ1) is 5.17. The first kappa shape index (κ1) is 10.1. The number of ether oxygens (including phenoxy) is 1. The maximum absolute atomic E-state index is 10.9. The topological polar surface area (TPSA) is 38.7 Å². The molecule has 0 aromatic carbocycles. The molecule has 4 heteroatoms. The SMILES string of the molecule is C=C/C(Br)=C(\N=C)C(=O)OC. The average Bonchev–Trinajstić information content (AvgIpc) is 2.05. The van der Waals surface area contributed by atoms with E-state index in [1.807, 2.05) is 0 Å². The van der Waals surface area contributed by atoms with Gasteiger partial charge in [-0.05, 0) is 22.6 Å². The summed E-state index contributed by atoms with van der Waals surface area (Å²) in [6.07, 6.45) is 1.45. The molecule has 0 bridgehead atoms. The van der Waals surface area contributed by atoms with E-state index in [1.165, 1.54) is 13.2 Å². The third-order valence-corrected chi connectivity index (χ3v) is 1.64. The smallest absolute Gasteiger partial charge is 0.357 e. The van der Waals surface area contributed by atoms with Gasteiger partial charge in [0.15, 0.2) is 5.70 Å². The Labute approximate surface area is 73.6 Å². The van der Waals surface area contributed by atoms with Gasteiger partial charge in [-0.2, -0.15) is 0 Å². The molecule has 0 aromatic heterocycles. The zero-order valence-electron chi connectivity index (χ0n) is 6.13. The highest BCUT2D eigenvalue weighted by Gasteiger charge is 2.09. The van der Waals surface area contributed by atoms with Gasteiger partial charge in [0, 0.05) is 0 Å². The monoisotopic (exact) mass is 217 g/mol. The van der Waals surface area contributed by atoms with Gasteiger partial charge >= 0.3 is 5.97 Å². The number of aliphatic imine (C=N–C) groups is 1. The third kappa shape index (κ3) is 2.67. The molecular weight excluding hydrogens is 210 g/mol. The fourth-order valence-electron chi connectivity index (χ4n) is 0.431. The van der Waals surface area contributed by atoms with Crippen molar-refractivity contribution in [1.82, 2.24) is 0 Å². The van der Waals surface area contributed by atoms with Gasteiger partial charge in [0.05, 0.1) is 11.6 Å². The van der Waals surface area contributed by atoms with Crippen molar-refractivity contribution in [1.29, 1.82) is 0 Å². The van der Waals surface area contributed by atoms with Crippen LogP contribution in [0.4, 0.5) is 0 Å².